The first kappa shape index (κ1) is 13.5. The number of nitro benzene ring substituents is 1. The average molecular weight is 338 g/mol. The number of anilines is 1. The summed E-state index contributed by atoms with van der Waals surface area (Å²) in [5, 5.41) is 22.6. The van der Waals surface area contributed by atoms with Crippen LogP contribution in [0.4, 0.5) is 11.4 Å². The molecule has 0 aliphatic carbocycles. The Hall–Kier alpha value is -1.91. The highest BCUT2D eigenvalue weighted by atomic mass is 79.9. The molecule has 0 saturated carbocycles. The maximum Gasteiger partial charge on any atom is 0.285 e. The van der Waals surface area contributed by atoms with Crippen LogP contribution in [0.3, 0.4) is 0 Å². The first-order valence-electron chi connectivity index (χ1n) is 5.27. The van der Waals surface area contributed by atoms with Crippen molar-refractivity contribution >= 4 is 38.6 Å². The maximum atomic E-state index is 10.8. The second-order valence-corrected chi connectivity index (χ2v) is 5.68. The van der Waals surface area contributed by atoms with Crippen LogP contribution in [0.2, 0.25) is 0 Å². The molecule has 96 valence electrons. The van der Waals surface area contributed by atoms with Gasteiger partial charge in [-0.3, -0.25) is 10.1 Å². The zero-order valence-electron chi connectivity index (χ0n) is 9.59. The van der Waals surface area contributed by atoms with Crippen LogP contribution in [0.5, 0.6) is 0 Å². The van der Waals surface area contributed by atoms with Crippen LogP contribution in [0.25, 0.3) is 0 Å². The highest BCUT2D eigenvalue weighted by Gasteiger charge is 2.12. The lowest BCUT2D eigenvalue weighted by Gasteiger charge is -2.05. The van der Waals surface area contributed by atoms with E-state index in [1.165, 1.54) is 17.4 Å². The largest absolute Gasteiger partial charge is 0.380 e. The Bertz CT molecular complexity index is 663. The molecule has 0 spiro atoms. The van der Waals surface area contributed by atoms with Crippen molar-refractivity contribution in [3.8, 4) is 6.07 Å². The number of nitriles is 1. The summed E-state index contributed by atoms with van der Waals surface area (Å²) in [5.41, 5.74) is 0.690. The molecule has 1 aromatic carbocycles. The predicted octanol–water partition coefficient (Wildman–Crippen LogP) is 3.90. The van der Waals surface area contributed by atoms with Gasteiger partial charge in [0.15, 0.2) is 0 Å². The Morgan fingerprint density at radius 3 is 2.84 bits per heavy atom. The number of hydrogen-bond donors (Lipinski definition) is 1. The number of nitrogens with zero attached hydrogens (tertiary/aromatic N) is 2. The van der Waals surface area contributed by atoms with Crippen molar-refractivity contribution in [1.29, 1.82) is 5.26 Å². The van der Waals surface area contributed by atoms with E-state index in [2.05, 4.69) is 27.3 Å². The molecule has 0 saturated heterocycles. The topological polar surface area (TPSA) is 79.0 Å². The van der Waals surface area contributed by atoms with Crippen LogP contribution in [-0.2, 0) is 6.54 Å². The fraction of sp³-hybridized carbons (Fsp3) is 0.0833. The fourth-order valence-corrected chi connectivity index (χ4v) is 2.62. The van der Waals surface area contributed by atoms with E-state index in [0.717, 1.165) is 4.88 Å². The third-order valence-electron chi connectivity index (χ3n) is 2.38. The van der Waals surface area contributed by atoms with Gasteiger partial charge in [-0.25, -0.2) is 0 Å². The average Bonchev–Trinajstić information content (AvgIpc) is 2.85. The first-order chi connectivity index (χ1) is 9.10. The van der Waals surface area contributed by atoms with Crippen molar-refractivity contribution in [2.45, 2.75) is 6.54 Å². The highest BCUT2D eigenvalue weighted by Crippen LogP contribution is 2.28. The third kappa shape index (κ3) is 3.30. The van der Waals surface area contributed by atoms with Crippen LogP contribution >= 0.6 is 27.3 Å². The molecule has 0 bridgehead atoms. The minimum atomic E-state index is -0.436. The van der Waals surface area contributed by atoms with Gasteiger partial charge in [0, 0.05) is 23.2 Å². The van der Waals surface area contributed by atoms with Gasteiger partial charge in [0.2, 0.25) is 0 Å². The summed E-state index contributed by atoms with van der Waals surface area (Å²) in [7, 11) is 0. The number of rotatable bonds is 4. The molecule has 5 nitrogen and oxygen atoms in total. The Labute approximate surface area is 121 Å². The first-order valence-corrected chi connectivity index (χ1v) is 6.87. The number of halogens is 1. The number of benzene rings is 1. The smallest absolute Gasteiger partial charge is 0.285 e. The van der Waals surface area contributed by atoms with Gasteiger partial charge >= 0.3 is 0 Å². The summed E-state index contributed by atoms with van der Waals surface area (Å²) < 4.78 is 0.450. The molecule has 1 heterocycles. The molecule has 0 aliphatic rings. The van der Waals surface area contributed by atoms with Crippen molar-refractivity contribution in [3.63, 3.8) is 0 Å². The van der Waals surface area contributed by atoms with Gasteiger partial charge in [0.25, 0.3) is 5.69 Å². The summed E-state index contributed by atoms with van der Waals surface area (Å²) >= 11 is 4.54. The van der Waals surface area contributed by atoms with Crippen LogP contribution in [-0.4, -0.2) is 4.92 Å². The summed E-state index contributed by atoms with van der Waals surface area (Å²) in [5.74, 6) is 0. The summed E-state index contributed by atoms with van der Waals surface area (Å²) in [6.45, 7) is 0.533. The molecule has 0 radical (unpaired) electrons. The molecule has 0 atom stereocenters. The number of nitro groups is 1. The van der Waals surface area contributed by atoms with E-state index in [0.29, 0.717) is 21.6 Å². The van der Waals surface area contributed by atoms with Crippen LogP contribution in [0, 0.1) is 21.4 Å². The van der Waals surface area contributed by atoms with Crippen molar-refractivity contribution < 1.29 is 4.92 Å². The van der Waals surface area contributed by atoms with Crippen molar-refractivity contribution in [2.75, 3.05) is 5.32 Å². The molecule has 1 aromatic heterocycles. The second-order valence-electron chi connectivity index (χ2n) is 3.65. The molecule has 7 heteroatoms. The highest BCUT2D eigenvalue weighted by molar-refractivity contribution is 9.10. The zero-order chi connectivity index (χ0) is 13.8. The quantitative estimate of drug-likeness (QED) is 0.677. The minimum absolute atomic E-state index is 0.0221. The van der Waals surface area contributed by atoms with Gasteiger partial charge in [0.1, 0.15) is 10.9 Å². The Balaban J connectivity index is 2.09. The van der Waals surface area contributed by atoms with Gasteiger partial charge in [0.05, 0.1) is 9.40 Å². The predicted molar refractivity (Wildman–Crippen MR) is 77.2 cm³/mol. The van der Waals surface area contributed by atoms with E-state index in [4.69, 9.17) is 5.26 Å². The van der Waals surface area contributed by atoms with E-state index in [-0.39, 0.29) is 5.69 Å². The molecular formula is C12H8BrN3O2S. The lowest BCUT2D eigenvalue weighted by atomic mass is 10.3. The molecule has 0 aliphatic heterocycles. The van der Waals surface area contributed by atoms with Crippen molar-refractivity contribution in [3.05, 3.63) is 54.7 Å². The maximum absolute atomic E-state index is 10.8. The normalized spacial score (nSPS) is 9.89. The van der Waals surface area contributed by atoms with Crippen molar-refractivity contribution in [1.82, 2.24) is 0 Å². The Morgan fingerprint density at radius 2 is 2.21 bits per heavy atom. The molecule has 2 aromatic rings. The van der Waals surface area contributed by atoms with E-state index in [1.807, 2.05) is 6.07 Å². The monoisotopic (exact) mass is 337 g/mol. The van der Waals surface area contributed by atoms with E-state index in [1.54, 1.807) is 18.2 Å². The second kappa shape index (κ2) is 5.82. The van der Waals surface area contributed by atoms with Gasteiger partial charge in [-0.2, -0.15) is 5.26 Å². The summed E-state index contributed by atoms with van der Waals surface area (Å²) in [4.78, 5) is 12.0. The zero-order valence-corrected chi connectivity index (χ0v) is 12.0. The number of thiophene rings is 1. The van der Waals surface area contributed by atoms with Gasteiger partial charge in [-0.1, -0.05) is 0 Å². The summed E-state index contributed by atoms with van der Waals surface area (Å²) in [6.07, 6.45) is 0. The Kier molecular flexibility index (Phi) is 4.14. The molecule has 2 rings (SSSR count). The number of nitrogens with one attached hydrogen (secondary N) is 1. The lowest BCUT2D eigenvalue weighted by molar-refractivity contribution is -0.385. The van der Waals surface area contributed by atoms with E-state index in [9.17, 15) is 10.1 Å². The molecular weight excluding hydrogens is 330 g/mol. The van der Waals surface area contributed by atoms with Crippen LogP contribution in [0.1, 0.15) is 9.75 Å². The lowest BCUT2D eigenvalue weighted by Crippen LogP contribution is -1.98. The SMILES string of the molecule is N#Cc1ccc(CNc2ccc(Br)c([N+](=O)[O-])c2)s1. The minimum Gasteiger partial charge on any atom is -0.380 e. The van der Waals surface area contributed by atoms with E-state index >= 15 is 0 Å². The van der Waals surface area contributed by atoms with E-state index < -0.39 is 4.92 Å². The van der Waals surface area contributed by atoms with Crippen LogP contribution < -0.4 is 5.32 Å². The standard InChI is InChI=1S/C12H8BrN3O2S/c13-11-4-1-8(5-12(11)16(17)18)15-7-10-3-2-9(6-14)19-10/h1-5,15H,7H2. The molecule has 0 amide bonds. The molecule has 1 N–H and O–H groups in total. The summed E-state index contributed by atoms with van der Waals surface area (Å²) in [6, 6.07) is 10.6. The molecule has 0 fully saturated rings. The van der Waals surface area contributed by atoms with Crippen LogP contribution in [0.15, 0.2) is 34.8 Å². The molecule has 0 unspecified atom stereocenters. The fourth-order valence-electron chi connectivity index (χ4n) is 1.48. The molecule has 19 heavy (non-hydrogen) atoms. The Morgan fingerprint density at radius 1 is 1.42 bits per heavy atom. The number of hydrogen-bond acceptors (Lipinski definition) is 5. The van der Waals surface area contributed by atoms with Gasteiger partial charge < -0.3 is 5.32 Å². The third-order valence-corrected chi connectivity index (χ3v) is 4.04. The van der Waals surface area contributed by atoms with Crippen molar-refractivity contribution in [2.24, 2.45) is 0 Å². The van der Waals surface area contributed by atoms with Gasteiger partial charge in [-0.15, -0.1) is 11.3 Å². The van der Waals surface area contributed by atoms with Gasteiger partial charge in [-0.05, 0) is 40.2 Å².